The van der Waals surface area contributed by atoms with Crippen molar-refractivity contribution in [1.82, 2.24) is 25.0 Å². The Hall–Kier alpha value is -3.60. The average Bonchev–Trinajstić information content (AvgIpc) is 3.12. The van der Waals surface area contributed by atoms with Gasteiger partial charge >= 0.3 is 6.09 Å². The molecular formula is C21H21ClFN7O3. The van der Waals surface area contributed by atoms with Gasteiger partial charge in [0, 0.05) is 24.7 Å². The van der Waals surface area contributed by atoms with Crippen LogP contribution in [0.25, 0.3) is 11.4 Å². The molecule has 3 aromatic rings. The van der Waals surface area contributed by atoms with E-state index in [-0.39, 0.29) is 35.6 Å². The fourth-order valence-electron chi connectivity index (χ4n) is 3.34. The fraction of sp³-hybridized carbons (Fsp3) is 0.333. The lowest BCUT2D eigenvalue weighted by molar-refractivity contribution is -0.124. The first-order chi connectivity index (χ1) is 15.8. The smallest absolute Gasteiger partial charge is 0.413 e. The van der Waals surface area contributed by atoms with Crippen LogP contribution in [0.4, 0.5) is 20.7 Å². The number of halogens is 2. The number of nitrogens with zero attached hydrogens (tertiary/aromatic N) is 5. The highest BCUT2D eigenvalue weighted by Crippen LogP contribution is 2.31. The van der Waals surface area contributed by atoms with Crippen molar-refractivity contribution in [3.8, 4) is 11.4 Å². The van der Waals surface area contributed by atoms with Crippen LogP contribution < -0.4 is 10.6 Å². The van der Waals surface area contributed by atoms with Crippen molar-refractivity contribution in [3.63, 3.8) is 0 Å². The minimum absolute atomic E-state index is 0.231. The predicted molar refractivity (Wildman–Crippen MR) is 118 cm³/mol. The van der Waals surface area contributed by atoms with Crippen LogP contribution in [-0.2, 0) is 16.6 Å². The molecule has 1 atom stereocenters. The fourth-order valence-corrected chi connectivity index (χ4v) is 3.61. The lowest BCUT2D eigenvalue weighted by Crippen LogP contribution is -2.35. The molecule has 0 aliphatic heterocycles. The number of carbonyl (C=O) groups excluding carboxylic acids is 2. The summed E-state index contributed by atoms with van der Waals surface area (Å²) in [7, 11) is 1.61. The van der Waals surface area contributed by atoms with Crippen LogP contribution in [-0.4, -0.2) is 43.1 Å². The van der Waals surface area contributed by atoms with Gasteiger partial charge in [-0.3, -0.25) is 15.1 Å². The molecule has 0 bridgehead atoms. The van der Waals surface area contributed by atoms with Crippen LogP contribution in [0.5, 0.6) is 0 Å². The zero-order valence-corrected chi connectivity index (χ0v) is 18.6. The van der Waals surface area contributed by atoms with E-state index in [4.69, 9.17) is 16.3 Å². The normalized spacial score (nSPS) is 18.2. The van der Waals surface area contributed by atoms with Gasteiger partial charge in [0.25, 0.3) is 0 Å². The molecule has 2 amide bonds. The van der Waals surface area contributed by atoms with Gasteiger partial charge in [-0.15, -0.1) is 5.10 Å². The van der Waals surface area contributed by atoms with Crippen molar-refractivity contribution >= 4 is 35.1 Å². The SMILES string of the molecule is C[C@@H](OC(=O)Nc1c(-c2ccc(NC(=O)[C@H]3C[C@H](F)C3)cn2)nnn1C)c1cccnc1Cl. The molecule has 0 spiro atoms. The molecule has 172 valence electrons. The summed E-state index contributed by atoms with van der Waals surface area (Å²) in [5.41, 5.74) is 1.79. The minimum atomic E-state index is -0.903. The standard InChI is InChI=1S/C21H21ClFN7O3/c1-11(15-4-3-7-24-18(15)22)33-21(32)27-19-17(28-29-30(19)2)16-6-5-14(10-25-16)26-20(31)12-8-13(23)9-12/h3-7,10-13H,8-9H2,1-2H3,(H,26,31)(H,27,32)/t11-,12-,13-/m1/s1. The summed E-state index contributed by atoms with van der Waals surface area (Å²) >= 11 is 6.06. The first-order valence-corrected chi connectivity index (χ1v) is 10.6. The Bertz CT molecular complexity index is 1160. The molecule has 33 heavy (non-hydrogen) atoms. The summed E-state index contributed by atoms with van der Waals surface area (Å²) < 4.78 is 19.7. The van der Waals surface area contributed by atoms with Gasteiger partial charge in [0.2, 0.25) is 5.91 Å². The topological polar surface area (TPSA) is 124 Å². The second-order valence-electron chi connectivity index (χ2n) is 7.65. The molecule has 4 rings (SSSR count). The first-order valence-electron chi connectivity index (χ1n) is 10.2. The quantitative estimate of drug-likeness (QED) is 0.520. The third kappa shape index (κ3) is 5.08. The first kappa shape index (κ1) is 22.6. The van der Waals surface area contributed by atoms with Gasteiger partial charge in [0.05, 0.1) is 17.6 Å². The predicted octanol–water partition coefficient (Wildman–Crippen LogP) is 3.92. The molecule has 1 aliphatic rings. The summed E-state index contributed by atoms with van der Waals surface area (Å²) in [6.07, 6.45) is 1.22. The molecule has 3 aromatic heterocycles. The minimum Gasteiger partial charge on any atom is -0.441 e. The molecular weight excluding hydrogens is 453 g/mol. The third-order valence-corrected chi connectivity index (χ3v) is 5.60. The number of nitrogens with one attached hydrogen (secondary N) is 2. The lowest BCUT2D eigenvalue weighted by Gasteiger charge is -2.28. The second kappa shape index (κ2) is 9.49. The van der Waals surface area contributed by atoms with Gasteiger partial charge in [-0.2, -0.15) is 0 Å². The molecule has 3 heterocycles. The van der Waals surface area contributed by atoms with Gasteiger partial charge in [-0.05, 0) is 38.0 Å². The monoisotopic (exact) mass is 473 g/mol. The van der Waals surface area contributed by atoms with Crippen molar-refractivity contribution in [3.05, 3.63) is 47.4 Å². The van der Waals surface area contributed by atoms with Gasteiger partial charge in [-0.25, -0.2) is 18.9 Å². The number of hydrogen-bond acceptors (Lipinski definition) is 7. The molecule has 10 nitrogen and oxygen atoms in total. The number of pyridine rings is 2. The van der Waals surface area contributed by atoms with Crippen molar-refractivity contribution in [2.45, 2.75) is 32.0 Å². The zero-order chi connectivity index (χ0) is 23.5. The maximum absolute atomic E-state index is 13.0. The van der Waals surface area contributed by atoms with Crippen molar-refractivity contribution in [2.24, 2.45) is 13.0 Å². The summed E-state index contributed by atoms with van der Waals surface area (Å²) in [5.74, 6) is -0.270. The van der Waals surface area contributed by atoms with Crippen LogP contribution in [0.15, 0.2) is 36.7 Å². The summed E-state index contributed by atoms with van der Waals surface area (Å²) in [4.78, 5) is 32.8. The Morgan fingerprint density at radius 1 is 1.24 bits per heavy atom. The highest BCUT2D eigenvalue weighted by atomic mass is 35.5. The van der Waals surface area contributed by atoms with E-state index in [1.54, 1.807) is 44.4 Å². The Balaban J connectivity index is 1.42. The van der Waals surface area contributed by atoms with E-state index in [0.717, 1.165) is 0 Å². The molecule has 1 fully saturated rings. The number of aryl methyl sites for hydroxylation is 1. The Morgan fingerprint density at radius 3 is 2.70 bits per heavy atom. The highest BCUT2D eigenvalue weighted by Gasteiger charge is 2.34. The van der Waals surface area contributed by atoms with E-state index < -0.39 is 18.4 Å². The van der Waals surface area contributed by atoms with Crippen LogP contribution in [0.3, 0.4) is 0 Å². The van der Waals surface area contributed by atoms with Gasteiger partial charge in [0.15, 0.2) is 11.5 Å². The number of amides is 2. The molecule has 0 radical (unpaired) electrons. The van der Waals surface area contributed by atoms with Gasteiger partial charge in [0.1, 0.15) is 17.4 Å². The second-order valence-corrected chi connectivity index (χ2v) is 8.01. The molecule has 0 unspecified atom stereocenters. The number of hydrogen-bond donors (Lipinski definition) is 2. The van der Waals surface area contributed by atoms with Crippen molar-refractivity contribution in [2.75, 3.05) is 10.6 Å². The maximum Gasteiger partial charge on any atom is 0.413 e. The summed E-state index contributed by atoms with van der Waals surface area (Å²) in [6, 6.07) is 6.70. The van der Waals surface area contributed by atoms with E-state index in [1.807, 2.05) is 0 Å². The number of aromatic nitrogens is 5. The zero-order valence-electron chi connectivity index (χ0n) is 17.8. The van der Waals surface area contributed by atoms with Gasteiger partial charge < -0.3 is 10.1 Å². The van der Waals surface area contributed by atoms with E-state index in [2.05, 4.69) is 30.9 Å². The molecule has 2 N–H and O–H groups in total. The van der Waals surface area contributed by atoms with Gasteiger partial charge in [-0.1, -0.05) is 22.9 Å². The summed E-state index contributed by atoms with van der Waals surface area (Å²) in [6.45, 7) is 1.68. The van der Waals surface area contributed by atoms with E-state index in [9.17, 15) is 14.0 Å². The van der Waals surface area contributed by atoms with Crippen molar-refractivity contribution < 1.29 is 18.7 Å². The molecule has 12 heteroatoms. The molecule has 0 saturated heterocycles. The van der Waals surface area contributed by atoms with E-state index in [0.29, 0.717) is 22.6 Å². The highest BCUT2D eigenvalue weighted by molar-refractivity contribution is 6.30. The van der Waals surface area contributed by atoms with E-state index >= 15 is 0 Å². The molecule has 0 aromatic carbocycles. The maximum atomic E-state index is 13.0. The Labute approximate surface area is 193 Å². The van der Waals surface area contributed by atoms with Crippen LogP contribution in [0, 0.1) is 5.92 Å². The number of anilines is 2. The number of carbonyl (C=O) groups is 2. The lowest BCUT2D eigenvalue weighted by atomic mass is 9.83. The van der Waals surface area contributed by atoms with E-state index in [1.165, 1.54) is 10.9 Å². The summed E-state index contributed by atoms with van der Waals surface area (Å²) in [5, 5.41) is 13.6. The number of ether oxygens (including phenoxy) is 1. The molecule has 1 aliphatic carbocycles. The van der Waals surface area contributed by atoms with Crippen LogP contribution in [0.1, 0.15) is 31.4 Å². The third-order valence-electron chi connectivity index (χ3n) is 5.28. The number of rotatable bonds is 6. The average molecular weight is 474 g/mol. The number of alkyl halides is 1. The van der Waals surface area contributed by atoms with Crippen LogP contribution in [0.2, 0.25) is 5.15 Å². The van der Waals surface area contributed by atoms with Crippen LogP contribution >= 0.6 is 11.6 Å². The molecule has 1 saturated carbocycles. The van der Waals surface area contributed by atoms with Crippen molar-refractivity contribution in [1.29, 1.82) is 0 Å². The largest absolute Gasteiger partial charge is 0.441 e. The Morgan fingerprint density at radius 2 is 2.03 bits per heavy atom. The Kier molecular flexibility index (Phi) is 6.50.